The molecule has 0 aliphatic carbocycles. The number of nitrogens with two attached hydrogens (primary N) is 1. The van der Waals surface area contributed by atoms with Gasteiger partial charge in [-0.3, -0.25) is 10.8 Å². The molecule has 0 aliphatic rings. The summed E-state index contributed by atoms with van der Waals surface area (Å²) >= 11 is 0. The van der Waals surface area contributed by atoms with Crippen molar-refractivity contribution in [1.29, 1.82) is 0 Å². The molecule has 1 unspecified atom stereocenters. The molecule has 2 aromatic rings. The molecule has 0 saturated heterocycles. The molecule has 3 N–H and O–H groups in total. The lowest BCUT2D eigenvalue weighted by Crippen LogP contribution is -2.29. The van der Waals surface area contributed by atoms with E-state index in [2.05, 4.69) is 49.4 Å². The largest absolute Gasteiger partial charge is 0.271 e. The maximum absolute atomic E-state index is 5.75. The zero-order chi connectivity index (χ0) is 14.0. The fraction of sp³-hybridized carbons (Fsp3) is 0.312. The molecule has 0 bridgehead atoms. The summed E-state index contributed by atoms with van der Waals surface area (Å²) in [6, 6.07) is 8.47. The summed E-state index contributed by atoms with van der Waals surface area (Å²) in [4.78, 5) is 4.35. The number of aromatic nitrogens is 1. The minimum Gasteiger partial charge on any atom is -0.271 e. The first kappa shape index (κ1) is 13.7. The second-order valence-corrected chi connectivity index (χ2v) is 5.13. The van der Waals surface area contributed by atoms with Crippen molar-refractivity contribution in [1.82, 2.24) is 10.4 Å². The molecule has 19 heavy (non-hydrogen) atoms. The van der Waals surface area contributed by atoms with Crippen molar-refractivity contribution >= 4 is 0 Å². The zero-order valence-electron chi connectivity index (χ0n) is 12.0. The Labute approximate surface area is 114 Å². The first-order valence-electron chi connectivity index (χ1n) is 6.49. The summed E-state index contributed by atoms with van der Waals surface area (Å²) in [5.41, 5.74) is 10.0. The van der Waals surface area contributed by atoms with Crippen LogP contribution in [0.3, 0.4) is 0 Å². The van der Waals surface area contributed by atoms with Crippen LogP contribution in [-0.4, -0.2) is 4.98 Å². The van der Waals surface area contributed by atoms with Gasteiger partial charge in [0.15, 0.2) is 0 Å². The van der Waals surface area contributed by atoms with E-state index in [9.17, 15) is 0 Å². The predicted octanol–water partition coefficient (Wildman–Crippen LogP) is 2.87. The third-order valence-electron chi connectivity index (χ3n) is 3.63. The molecular weight excluding hydrogens is 234 g/mol. The van der Waals surface area contributed by atoms with Crippen LogP contribution in [0.5, 0.6) is 0 Å². The smallest absolute Gasteiger partial charge is 0.0727 e. The second-order valence-electron chi connectivity index (χ2n) is 5.13. The van der Waals surface area contributed by atoms with Crippen LogP contribution < -0.4 is 11.3 Å². The van der Waals surface area contributed by atoms with Gasteiger partial charge >= 0.3 is 0 Å². The molecule has 0 amide bonds. The van der Waals surface area contributed by atoms with Crippen molar-refractivity contribution in [3.8, 4) is 0 Å². The first-order chi connectivity index (χ1) is 9.02. The molecule has 0 spiro atoms. The summed E-state index contributed by atoms with van der Waals surface area (Å²) in [5, 5.41) is 0. The van der Waals surface area contributed by atoms with Crippen LogP contribution in [0.2, 0.25) is 0 Å². The van der Waals surface area contributed by atoms with E-state index in [4.69, 9.17) is 5.84 Å². The Balaban J connectivity index is 2.47. The van der Waals surface area contributed by atoms with Crippen LogP contribution in [0.4, 0.5) is 0 Å². The van der Waals surface area contributed by atoms with E-state index in [1.807, 2.05) is 19.2 Å². The fourth-order valence-electron chi connectivity index (χ4n) is 2.31. The normalized spacial score (nSPS) is 12.5. The van der Waals surface area contributed by atoms with Gasteiger partial charge in [-0.1, -0.05) is 18.2 Å². The number of pyridine rings is 1. The highest BCUT2D eigenvalue weighted by molar-refractivity contribution is 5.42. The van der Waals surface area contributed by atoms with Gasteiger partial charge in [0.05, 0.1) is 6.04 Å². The summed E-state index contributed by atoms with van der Waals surface area (Å²) in [5.74, 6) is 5.75. The highest BCUT2D eigenvalue weighted by atomic mass is 15.2. The van der Waals surface area contributed by atoms with Crippen LogP contribution in [0.1, 0.15) is 39.6 Å². The fourth-order valence-corrected chi connectivity index (χ4v) is 2.31. The second kappa shape index (κ2) is 5.51. The average molecular weight is 255 g/mol. The maximum atomic E-state index is 5.75. The van der Waals surface area contributed by atoms with Crippen molar-refractivity contribution in [2.24, 2.45) is 5.84 Å². The van der Waals surface area contributed by atoms with Gasteiger partial charge < -0.3 is 0 Å². The zero-order valence-corrected chi connectivity index (χ0v) is 12.0. The number of nitrogens with zero attached hydrogens (tertiary/aromatic N) is 1. The van der Waals surface area contributed by atoms with Gasteiger partial charge in [0.1, 0.15) is 0 Å². The van der Waals surface area contributed by atoms with Gasteiger partial charge in [-0.25, -0.2) is 5.43 Å². The van der Waals surface area contributed by atoms with E-state index in [1.54, 1.807) is 0 Å². The Morgan fingerprint density at radius 3 is 2.26 bits per heavy atom. The third kappa shape index (κ3) is 2.83. The van der Waals surface area contributed by atoms with Gasteiger partial charge in [0.25, 0.3) is 0 Å². The number of benzene rings is 1. The molecule has 3 heteroatoms. The van der Waals surface area contributed by atoms with Gasteiger partial charge in [0.2, 0.25) is 0 Å². The van der Waals surface area contributed by atoms with E-state index < -0.39 is 0 Å². The van der Waals surface area contributed by atoms with Crippen LogP contribution >= 0.6 is 0 Å². The molecule has 0 aliphatic heterocycles. The summed E-state index contributed by atoms with van der Waals surface area (Å²) < 4.78 is 0. The SMILES string of the molecule is Cc1ccc(C(NN)c2cc(C)c(C)cc2C)cn1. The lowest BCUT2D eigenvalue weighted by atomic mass is 9.92. The molecule has 100 valence electrons. The lowest BCUT2D eigenvalue weighted by molar-refractivity contribution is 0.630. The van der Waals surface area contributed by atoms with Crippen molar-refractivity contribution in [3.05, 3.63) is 64.0 Å². The van der Waals surface area contributed by atoms with E-state index in [1.165, 1.54) is 22.3 Å². The monoisotopic (exact) mass is 255 g/mol. The van der Waals surface area contributed by atoms with Gasteiger partial charge in [-0.15, -0.1) is 0 Å². The quantitative estimate of drug-likeness (QED) is 0.655. The Morgan fingerprint density at radius 1 is 1.00 bits per heavy atom. The standard InChI is InChI=1S/C16H21N3/c1-10-7-12(3)15(8-11(10)2)16(19-17)14-6-5-13(4)18-9-14/h5-9,16,19H,17H2,1-4H3. The first-order valence-corrected chi connectivity index (χ1v) is 6.49. The van der Waals surface area contributed by atoms with Crippen LogP contribution in [0.15, 0.2) is 30.5 Å². The Morgan fingerprint density at radius 2 is 1.68 bits per heavy atom. The van der Waals surface area contributed by atoms with Crippen LogP contribution in [0, 0.1) is 27.7 Å². The van der Waals surface area contributed by atoms with E-state index >= 15 is 0 Å². The summed E-state index contributed by atoms with van der Waals surface area (Å²) in [7, 11) is 0. The van der Waals surface area contributed by atoms with Gasteiger partial charge in [-0.2, -0.15) is 0 Å². The molecule has 0 radical (unpaired) electrons. The molecule has 1 aromatic heterocycles. The molecule has 3 nitrogen and oxygen atoms in total. The van der Waals surface area contributed by atoms with E-state index in [0.29, 0.717) is 0 Å². The predicted molar refractivity (Wildman–Crippen MR) is 78.8 cm³/mol. The molecule has 0 saturated carbocycles. The van der Waals surface area contributed by atoms with E-state index in [-0.39, 0.29) is 6.04 Å². The molecule has 1 aromatic carbocycles. The van der Waals surface area contributed by atoms with E-state index in [0.717, 1.165) is 11.3 Å². The van der Waals surface area contributed by atoms with Gasteiger partial charge in [-0.05, 0) is 61.6 Å². The summed E-state index contributed by atoms with van der Waals surface area (Å²) in [6.07, 6.45) is 1.88. The molecule has 2 rings (SSSR count). The number of aryl methyl sites for hydroxylation is 4. The van der Waals surface area contributed by atoms with Crippen molar-refractivity contribution in [3.63, 3.8) is 0 Å². The van der Waals surface area contributed by atoms with Crippen molar-refractivity contribution in [2.75, 3.05) is 0 Å². The van der Waals surface area contributed by atoms with Crippen LogP contribution in [0.25, 0.3) is 0 Å². The molecule has 0 fully saturated rings. The minimum absolute atomic E-state index is 0.0209. The number of hydrazine groups is 1. The van der Waals surface area contributed by atoms with Gasteiger partial charge in [0, 0.05) is 11.9 Å². The number of hydrogen-bond acceptors (Lipinski definition) is 3. The Kier molecular flexibility index (Phi) is 3.98. The third-order valence-corrected chi connectivity index (χ3v) is 3.63. The molecular formula is C16H21N3. The topological polar surface area (TPSA) is 50.9 Å². The Bertz CT molecular complexity index is 573. The Hall–Kier alpha value is -1.71. The molecule has 1 heterocycles. The lowest BCUT2D eigenvalue weighted by Gasteiger charge is -2.20. The molecule has 1 atom stereocenters. The number of nitrogens with one attached hydrogen (secondary N) is 1. The number of rotatable bonds is 3. The highest BCUT2D eigenvalue weighted by Crippen LogP contribution is 2.26. The van der Waals surface area contributed by atoms with Crippen molar-refractivity contribution < 1.29 is 0 Å². The average Bonchev–Trinajstić information content (AvgIpc) is 2.38. The minimum atomic E-state index is -0.0209. The maximum Gasteiger partial charge on any atom is 0.0727 e. The van der Waals surface area contributed by atoms with Crippen LogP contribution in [-0.2, 0) is 0 Å². The summed E-state index contributed by atoms with van der Waals surface area (Å²) in [6.45, 7) is 8.35. The number of hydrogen-bond donors (Lipinski definition) is 2. The van der Waals surface area contributed by atoms with Crippen molar-refractivity contribution in [2.45, 2.75) is 33.7 Å². The highest BCUT2D eigenvalue weighted by Gasteiger charge is 2.15.